The highest BCUT2D eigenvalue weighted by molar-refractivity contribution is 4.98. The summed E-state index contributed by atoms with van der Waals surface area (Å²) in [6, 6.07) is 3.03. The summed E-state index contributed by atoms with van der Waals surface area (Å²) in [6.07, 6.45) is 8.95. The Morgan fingerprint density at radius 2 is 2.10 bits per heavy atom. The van der Waals surface area contributed by atoms with Gasteiger partial charge in [0.2, 0.25) is 0 Å². The monoisotopic (exact) mass is 278 g/mol. The van der Waals surface area contributed by atoms with Gasteiger partial charge in [-0.05, 0) is 44.6 Å². The van der Waals surface area contributed by atoms with Crippen molar-refractivity contribution in [3.05, 3.63) is 0 Å². The molecule has 1 aliphatic carbocycles. The number of ether oxygens (including phenoxy) is 1. The van der Waals surface area contributed by atoms with Gasteiger partial charge in [-0.15, -0.1) is 0 Å². The average Bonchev–Trinajstić information content (AvgIpc) is 2.98. The standard InChI is InChI=1S/C17H30N2O/c1-3-6-14-8-9-15(12-18)17(11-14)19(4-2)13-16-7-5-10-20-16/h14-17H,3-11,13H2,1-2H3. The molecular formula is C17H30N2O. The van der Waals surface area contributed by atoms with E-state index in [2.05, 4.69) is 24.8 Å². The number of rotatable bonds is 6. The van der Waals surface area contributed by atoms with E-state index in [1.807, 2.05) is 0 Å². The van der Waals surface area contributed by atoms with Crippen molar-refractivity contribution >= 4 is 0 Å². The highest BCUT2D eigenvalue weighted by Gasteiger charge is 2.34. The van der Waals surface area contributed by atoms with Crippen LogP contribution in [0.1, 0.15) is 58.8 Å². The summed E-state index contributed by atoms with van der Waals surface area (Å²) in [4.78, 5) is 2.53. The molecule has 0 bridgehead atoms. The van der Waals surface area contributed by atoms with Crippen molar-refractivity contribution in [2.75, 3.05) is 19.7 Å². The highest BCUT2D eigenvalue weighted by atomic mass is 16.5. The minimum atomic E-state index is 0.226. The maximum absolute atomic E-state index is 9.47. The van der Waals surface area contributed by atoms with Crippen LogP contribution in [-0.4, -0.2) is 36.7 Å². The molecule has 2 rings (SSSR count). The third-order valence-corrected chi connectivity index (χ3v) is 5.13. The van der Waals surface area contributed by atoms with E-state index in [9.17, 15) is 5.26 Å². The molecule has 4 unspecified atom stereocenters. The molecule has 0 N–H and O–H groups in total. The third-order valence-electron chi connectivity index (χ3n) is 5.13. The van der Waals surface area contributed by atoms with E-state index < -0.39 is 0 Å². The van der Waals surface area contributed by atoms with E-state index in [0.717, 1.165) is 32.0 Å². The molecule has 3 heteroatoms. The van der Waals surface area contributed by atoms with Gasteiger partial charge in [-0.2, -0.15) is 5.26 Å². The second-order valence-corrected chi connectivity index (χ2v) is 6.49. The fourth-order valence-corrected chi connectivity index (χ4v) is 4.00. The zero-order valence-electron chi connectivity index (χ0n) is 13.2. The fourth-order valence-electron chi connectivity index (χ4n) is 4.00. The Bertz CT molecular complexity index is 319. The van der Waals surface area contributed by atoms with Crippen LogP contribution >= 0.6 is 0 Å². The molecule has 0 spiro atoms. The summed E-state index contributed by atoms with van der Waals surface area (Å²) in [5, 5.41) is 9.47. The first-order chi connectivity index (χ1) is 9.78. The van der Waals surface area contributed by atoms with Crippen LogP contribution < -0.4 is 0 Å². The molecule has 0 aromatic heterocycles. The Balaban J connectivity index is 1.97. The molecule has 114 valence electrons. The second kappa shape index (κ2) is 8.00. The lowest BCUT2D eigenvalue weighted by Gasteiger charge is -2.40. The van der Waals surface area contributed by atoms with Crippen molar-refractivity contribution in [1.82, 2.24) is 4.90 Å². The van der Waals surface area contributed by atoms with Gasteiger partial charge in [-0.1, -0.05) is 26.7 Å². The van der Waals surface area contributed by atoms with E-state index in [-0.39, 0.29) is 5.92 Å². The van der Waals surface area contributed by atoms with Gasteiger partial charge in [0, 0.05) is 19.2 Å². The smallest absolute Gasteiger partial charge is 0.0702 e. The van der Waals surface area contributed by atoms with Crippen molar-refractivity contribution in [2.24, 2.45) is 11.8 Å². The van der Waals surface area contributed by atoms with Crippen LogP contribution in [0, 0.1) is 23.2 Å². The molecular weight excluding hydrogens is 248 g/mol. The van der Waals surface area contributed by atoms with E-state index in [4.69, 9.17) is 4.74 Å². The van der Waals surface area contributed by atoms with Crippen LogP contribution in [-0.2, 0) is 4.74 Å². The Morgan fingerprint density at radius 3 is 2.70 bits per heavy atom. The number of hydrogen-bond donors (Lipinski definition) is 0. The zero-order chi connectivity index (χ0) is 14.4. The lowest BCUT2D eigenvalue weighted by molar-refractivity contribution is 0.0333. The Labute approximate surface area is 124 Å². The summed E-state index contributed by atoms with van der Waals surface area (Å²) in [6.45, 7) is 7.49. The molecule has 2 fully saturated rings. The molecule has 2 aliphatic rings. The SMILES string of the molecule is CCCC1CCC(C#N)C(N(CC)CC2CCCO2)C1. The van der Waals surface area contributed by atoms with E-state index in [0.29, 0.717) is 12.1 Å². The topological polar surface area (TPSA) is 36.3 Å². The second-order valence-electron chi connectivity index (χ2n) is 6.49. The van der Waals surface area contributed by atoms with Gasteiger partial charge < -0.3 is 4.74 Å². The molecule has 20 heavy (non-hydrogen) atoms. The molecule has 0 radical (unpaired) electrons. The first-order valence-corrected chi connectivity index (χ1v) is 8.53. The van der Waals surface area contributed by atoms with E-state index in [1.165, 1.54) is 38.5 Å². The molecule has 1 saturated carbocycles. The molecule has 3 nitrogen and oxygen atoms in total. The maximum Gasteiger partial charge on any atom is 0.0702 e. The summed E-state index contributed by atoms with van der Waals surface area (Å²) < 4.78 is 5.79. The van der Waals surface area contributed by atoms with Crippen molar-refractivity contribution in [2.45, 2.75) is 70.9 Å². The van der Waals surface area contributed by atoms with Crippen molar-refractivity contribution < 1.29 is 4.74 Å². The first-order valence-electron chi connectivity index (χ1n) is 8.53. The van der Waals surface area contributed by atoms with E-state index in [1.54, 1.807) is 0 Å². The van der Waals surface area contributed by atoms with Crippen LogP contribution in [0.4, 0.5) is 0 Å². The summed E-state index contributed by atoms with van der Waals surface area (Å²) in [5.74, 6) is 1.05. The fraction of sp³-hybridized carbons (Fsp3) is 0.941. The van der Waals surface area contributed by atoms with Crippen molar-refractivity contribution in [3.63, 3.8) is 0 Å². The predicted molar refractivity (Wildman–Crippen MR) is 81.4 cm³/mol. The van der Waals surface area contributed by atoms with Gasteiger partial charge in [0.15, 0.2) is 0 Å². The third kappa shape index (κ3) is 3.96. The number of hydrogen-bond acceptors (Lipinski definition) is 3. The van der Waals surface area contributed by atoms with E-state index >= 15 is 0 Å². The first kappa shape index (κ1) is 15.8. The Morgan fingerprint density at radius 1 is 1.25 bits per heavy atom. The van der Waals surface area contributed by atoms with Gasteiger partial charge in [0.05, 0.1) is 18.1 Å². The van der Waals surface area contributed by atoms with Gasteiger partial charge >= 0.3 is 0 Å². The number of nitrogens with zero attached hydrogens (tertiary/aromatic N) is 2. The summed E-state index contributed by atoms with van der Waals surface area (Å²) in [7, 11) is 0. The molecule has 0 aromatic carbocycles. The van der Waals surface area contributed by atoms with Crippen LogP contribution in [0.25, 0.3) is 0 Å². The van der Waals surface area contributed by atoms with Crippen LogP contribution in [0.2, 0.25) is 0 Å². The molecule has 4 atom stereocenters. The maximum atomic E-state index is 9.47. The molecule has 1 saturated heterocycles. The normalized spacial score (nSPS) is 34.3. The van der Waals surface area contributed by atoms with Gasteiger partial charge in [-0.3, -0.25) is 4.90 Å². The van der Waals surface area contributed by atoms with Crippen LogP contribution in [0.15, 0.2) is 0 Å². The average molecular weight is 278 g/mol. The quantitative estimate of drug-likeness (QED) is 0.745. The zero-order valence-corrected chi connectivity index (χ0v) is 13.2. The molecule has 1 heterocycles. The minimum Gasteiger partial charge on any atom is -0.377 e. The lowest BCUT2D eigenvalue weighted by atomic mass is 9.76. The Kier molecular flexibility index (Phi) is 6.32. The van der Waals surface area contributed by atoms with Crippen molar-refractivity contribution in [1.29, 1.82) is 5.26 Å². The van der Waals surface area contributed by atoms with Crippen LogP contribution in [0.5, 0.6) is 0 Å². The molecule has 0 aromatic rings. The summed E-state index contributed by atoms with van der Waals surface area (Å²) in [5.41, 5.74) is 0. The predicted octanol–water partition coefficient (Wildman–Crippen LogP) is 3.60. The number of nitriles is 1. The molecule has 0 amide bonds. The van der Waals surface area contributed by atoms with Gasteiger partial charge in [0.25, 0.3) is 0 Å². The number of likely N-dealkylation sites (N-methyl/N-ethyl adjacent to an activating group) is 1. The van der Waals surface area contributed by atoms with Crippen molar-refractivity contribution in [3.8, 4) is 6.07 Å². The largest absolute Gasteiger partial charge is 0.377 e. The lowest BCUT2D eigenvalue weighted by Crippen LogP contribution is -2.47. The van der Waals surface area contributed by atoms with Gasteiger partial charge in [-0.25, -0.2) is 0 Å². The van der Waals surface area contributed by atoms with Gasteiger partial charge in [0.1, 0.15) is 0 Å². The molecule has 1 aliphatic heterocycles. The highest BCUT2D eigenvalue weighted by Crippen LogP contribution is 2.35. The summed E-state index contributed by atoms with van der Waals surface area (Å²) >= 11 is 0. The minimum absolute atomic E-state index is 0.226. The van der Waals surface area contributed by atoms with Crippen LogP contribution in [0.3, 0.4) is 0 Å². The Hall–Kier alpha value is -0.590.